The zero-order valence-corrected chi connectivity index (χ0v) is 14.4. The molecule has 2 rings (SSSR count). The molecule has 0 spiro atoms. The Morgan fingerprint density at radius 2 is 2.00 bits per heavy atom. The quantitative estimate of drug-likeness (QED) is 0.756. The molecule has 0 saturated heterocycles. The van der Waals surface area contributed by atoms with Crippen LogP contribution in [-0.2, 0) is 13.0 Å². The smallest absolute Gasteiger partial charge is 0.254 e. The van der Waals surface area contributed by atoms with Crippen LogP contribution < -0.4 is 5.32 Å². The summed E-state index contributed by atoms with van der Waals surface area (Å²) in [5.41, 5.74) is 2.89. The second-order valence-corrected chi connectivity index (χ2v) is 6.29. The van der Waals surface area contributed by atoms with E-state index in [1.54, 1.807) is 6.20 Å². The highest BCUT2D eigenvalue weighted by Gasteiger charge is 2.16. The van der Waals surface area contributed by atoms with Crippen molar-refractivity contribution in [1.82, 2.24) is 15.1 Å². The van der Waals surface area contributed by atoms with Gasteiger partial charge >= 0.3 is 0 Å². The number of amides is 1. The standard InChI is InChI=1S/C19H27N3O/c1-4-18-17(19(23)20-12-8-9-15(2)3)13-21-22(18)14-16-10-6-5-7-11-16/h5-7,10-11,13,15H,4,8-9,12,14H2,1-3H3,(H,20,23). The highest BCUT2D eigenvalue weighted by Crippen LogP contribution is 2.12. The van der Waals surface area contributed by atoms with Crippen molar-refractivity contribution in [3.63, 3.8) is 0 Å². The van der Waals surface area contributed by atoms with Gasteiger partial charge in [-0.2, -0.15) is 5.10 Å². The Balaban J connectivity index is 2.01. The third-order valence-corrected chi connectivity index (χ3v) is 3.95. The number of aromatic nitrogens is 2. The van der Waals surface area contributed by atoms with Crippen LogP contribution in [0, 0.1) is 5.92 Å². The molecule has 0 fully saturated rings. The molecular formula is C19H27N3O. The molecule has 0 unspecified atom stereocenters. The monoisotopic (exact) mass is 313 g/mol. The Hall–Kier alpha value is -2.10. The van der Waals surface area contributed by atoms with Gasteiger partial charge in [-0.05, 0) is 30.7 Å². The Bertz CT molecular complexity index is 617. The fourth-order valence-corrected chi connectivity index (χ4v) is 2.67. The van der Waals surface area contributed by atoms with Gasteiger partial charge in [0.15, 0.2) is 0 Å². The highest BCUT2D eigenvalue weighted by molar-refractivity contribution is 5.95. The first-order valence-electron chi connectivity index (χ1n) is 8.48. The first-order chi connectivity index (χ1) is 11.1. The summed E-state index contributed by atoms with van der Waals surface area (Å²) in [4.78, 5) is 12.4. The maximum atomic E-state index is 12.4. The minimum Gasteiger partial charge on any atom is -0.352 e. The van der Waals surface area contributed by atoms with E-state index in [4.69, 9.17) is 0 Å². The molecule has 0 bridgehead atoms. The van der Waals surface area contributed by atoms with Gasteiger partial charge in [-0.15, -0.1) is 0 Å². The lowest BCUT2D eigenvalue weighted by molar-refractivity contribution is 0.0951. The number of nitrogens with one attached hydrogen (secondary N) is 1. The van der Waals surface area contributed by atoms with E-state index >= 15 is 0 Å². The Morgan fingerprint density at radius 3 is 2.65 bits per heavy atom. The molecule has 1 amide bonds. The van der Waals surface area contributed by atoms with E-state index in [1.165, 1.54) is 5.56 Å². The first kappa shape index (κ1) is 17.3. The van der Waals surface area contributed by atoms with Crippen molar-refractivity contribution < 1.29 is 4.79 Å². The highest BCUT2D eigenvalue weighted by atomic mass is 16.1. The van der Waals surface area contributed by atoms with Crippen molar-refractivity contribution >= 4 is 5.91 Å². The molecule has 0 aliphatic carbocycles. The van der Waals surface area contributed by atoms with Gasteiger partial charge in [0.1, 0.15) is 0 Å². The number of benzene rings is 1. The molecule has 4 heteroatoms. The maximum Gasteiger partial charge on any atom is 0.254 e. The van der Waals surface area contributed by atoms with E-state index < -0.39 is 0 Å². The third kappa shape index (κ3) is 4.95. The van der Waals surface area contributed by atoms with Crippen LogP contribution in [0.4, 0.5) is 0 Å². The number of nitrogens with zero attached hydrogens (tertiary/aromatic N) is 2. The average Bonchev–Trinajstić information content (AvgIpc) is 2.95. The number of rotatable bonds is 8. The summed E-state index contributed by atoms with van der Waals surface area (Å²) in [7, 11) is 0. The molecule has 1 heterocycles. The molecule has 1 N–H and O–H groups in total. The van der Waals surface area contributed by atoms with E-state index in [-0.39, 0.29) is 5.91 Å². The molecule has 23 heavy (non-hydrogen) atoms. The number of carbonyl (C=O) groups is 1. The Morgan fingerprint density at radius 1 is 1.26 bits per heavy atom. The van der Waals surface area contributed by atoms with E-state index in [9.17, 15) is 4.79 Å². The van der Waals surface area contributed by atoms with Gasteiger partial charge in [-0.1, -0.05) is 51.1 Å². The molecule has 0 aliphatic heterocycles. The van der Waals surface area contributed by atoms with Crippen LogP contribution in [0.1, 0.15) is 55.2 Å². The summed E-state index contributed by atoms with van der Waals surface area (Å²) in [6.07, 6.45) is 4.64. The van der Waals surface area contributed by atoms with Gasteiger partial charge in [-0.25, -0.2) is 0 Å². The summed E-state index contributed by atoms with van der Waals surface area (Å²) < 4.78 is 1.93. The summed E-state index contributed by atoms with van der Waals surface area (Å²) >= 11 is 0. The van der Waals surface area contributed by atoms with Crippen LogP contribution in [0.3, 0.4) is 0 Å². The fourth-order valence-electron chi connectivity index (χ4n) is 2.67. The van der Waals surface area contributed by atoms with Gasteiger partial charge in [0, 0.05) is 6.54 Å². The number of hydrogen-bond donors (Lipinski definition) is 1. The van der Waals surface area contributed by atoms with Crippen molar-refractivity contribution in [1.29, 1.82) is 0 Å². The first-order valence-corrected chi connectivity index (χ1v) is 8.48. The van der Waals surface area contributed by atoms with Crippen LogP contribution in [0.15, 0.2) is 36.5 Å². The maximum absolute atomic E-state index is 12.4. The van der Waals surface area contributed by atoms with Gasteiger partial charge in [0.2, 0.25) is 0 Å². The lowest BCUT2D eigenvalue weighted by Gasteiger charge is -2.09. The summed E-state index contributed by atoms with van der Waals surface area (Å²) in [5, 5.41) is 7.43. The predicted octanol–water partition coefficient (Wildman–Crippen LogP) is 3.66. The summed E-state index contributed by atoms with van der Waals surface area (Å²) in [6.45, 7) is 7.89. The SMILES string of the molecule is CCc1c(C(=O)NCCCC(C)C)cnn1Cc1ccccc1. The second-order valence-electron chi connectivity index (χ2n) is 6.29. The van der Waals surface area contributed by atoms with Gasteiger partial charge in [0.05, 0.1) is 24.0 Å². The minimum absolute atomic E-state index is 0.00934. The molecule has 2 aromatic rings. The second kappa shape index (κ2) is 8.51. The zero-order chi connectivity index (χ0) is 16.7. The molecule has 1 aromatic heterocycles. The summed E-state index contributed by atoms with van der Waals surface area (Å²) in [5.74, 6) is 0.664. The van der Waals surface area contributed by atoms with Gasteiger partial charge in [-0.3, -0.25) is 9.48 Å². The van der Waals surface area contributed by atoms with E-state index in [1.807, 2.05) is 22.9 Å². The molecule has 0 atom stereocenters. The van der Waals surface area contributed by atoms with Crippen molar-refractivity contribution in [3.05, 3.63) is 53.3 Å². The molecule has 124 valence electrons. The molecule has 0 radical (unpaired) electrons. The lowest BCUT2D eigenvalue weighted by Crippen LogP contribution is -2.25. The molecular weight excluding hydrogens is 286 g/mol. The Kier molecular flexibility index (Phi) is 6.39. The van der Waals surface area contributed by atoms with Crippen molar-refractivity contribution in [2.45, 2.75) is 46.6 Å². The molecule has 0 aliphatic rings. The van der Waals surface area contributed by atoms with Crippen LogP contribution in [-0.4, -0.2) is 22.2 Å². The van der Waals surface area contributed by atoms with E-state index in [0.29, 0.717) is 18.0 Å². The molecule has 1 aromatic carbocycles. The normalized spacial score (nSPS) is 11.0. The van der Waals surface area contributed by atoms with E-state index in [2.05, 4.69) is 43.3 Å². The molecule has 0 saturated carbocycles. The van der Waals surface area contributed by atoms with Gasteiger partial charge in [0.25, 0.3) is 5.91 Å². The van der Waals surface area contributed by atoms with E-state index in [0.717, 1.165) is 31.5 Å². The number of hydrogen-bond acceptors (Lipinski definition) is 2. The molecule has 4 nitrogen and oxygen atoms in total. The average molecular weight is 313 g/mol. The summed E-state index contributed by atoms with van der Waals surface area (Å²) in [6, 6.07) is 10.2. The largest absolute Gasteiger partial charge is 0.352 e. The van der Waals surface area contributed by atoms with Crippen LogP contribution in [0.5, 0.6) is 0 Å². The predicted molar refractivity (Wildman–Crippen MR) is 93.6 cm³/mol. The Labute approximate surface area is 138 Å². The zero-order valence-electron chi connectivity index (χ0n) is 14.4. The van der Waals surface area contributed by atoms with Crippen molar-refractivity contribution in [3.8, 4) is 0 Å². The fraction of sp³-hybridized carbons (Fsp3) is 0.474. The van der Waals surface area contributed by atoms with Crippen molar-refractivity contribution in [2.75, 3.05) is 6.54 Å². The van der Waals surface area contributed by atoms with Crippen LogP contribution >= 0.6 is 0 Å². The minimum atomic E-state index is -0.00934. The number of carbonyl (C=O) groups excluding carboxylic acids is 1. The third-order valence-electron chi connectivity index (χ3n) is 3.95. The topological polar surface area (TPSA) is 46.9 Å². The van der Waals surface area contributed by atoms with Crippen molar-refractivity contribution in [2.24, 2.45) is 5.92 Å². The lowest BCUT2D eigenvalue weighted by atomic mass is 10.1. The van der Waals surface area contributed by atoms with Crippen LogP contribution in [0.25, 0.3) is 0 Å². The van der Waals surface area contributed by atoms with Crippen LogP contribution in [0.2, 0.25) is 0 Å². The van der Waals surface area contributed by atoms with Gasteiger partial charge < -0.3 is 5.32 Å².